The van der Waals surface area contributed by atoms with E-state index in [1.165, 1.54) is 24.8 Å². The van der Waals surface area contributed by atoms with Crippen LogP contribution in [0.2, 0.25) is 0 Å². The Morgan fingerprint density at radius 1 is 1.00 bits per heavy atom. The van der Waals surface area contributed by atoms with Crippen molar-refractivity contribution in [2.75, 3.05) is 0 Å². The molecule has 1 aliphatic carbocycles. The Kier molecular flexibility index (Phi) is 3.67. The minimum absolute atomic E-state index is 0.628. The molecule has 0 heterocycles. The lowest BCUT2D eigenvalue weighted by Gasteiger charge is -2.30. The lowest BCUT2D eigenvalue weighted by atomic mass is 9.84. The molecule has 1 aromatic rings. The summed E-state index contributed by atoms with van der Waals surface area (Å²) in [5.74, 6) is 0.699. The zero-order valence-corrected chi connectivity index (χ0v) is 11.2. The molecule has 2 heteroatoms. The lowest BCUT2D eigenvalue weighted by Crippen LogP contribution is -2.23. The molecule has 0 aliphatic heterocycles. The first-order chi connectivity index (χ1) is 6.77. The minimum Gasteiger partial charge on any atom is -0.0890 e. The van der Waals surface area contributed by atoms with E-state index in [1.807, 2.05) is 0 Å². The molecule has 0 aromatic heterocycles. The summed E-state index contributed by atoms with van der Waals surface area (Å²) < 4.78 is 0. The molecule has 0 saturated heterocycles. The standard InChI is InChI=1S/C12H14Br2/c13-10-6-7-11(12(14)8-10)9-4-2-1-3-5-9/h1-5,10-12H,6-8H2. The molecule has 76 valence electrons. The predicted octanol–water partition coefficient (Wildman–Crippen LogP) is 4.48. The van der Waals surface area contributed by atoms with Crippen LogP contribution in [0.15, 0.2) is 30.3 Å². The normalized spacial score (nSPS) is 32.9. The van der Waals surface area contributed by atoms with Crippen LogP contribution in [0.3, 0.4) is 0 Å². The first-order valence-corrected chi connectivity index (χ1v) is 6.93. The maximum atomic E-state index is 3.80. The Morgan fingerprint density at radius 2 is 1.71 bits per heavy atom. The van der Waals surface area contributed by atoms with Crippen LogP contribution in [0.1, 0.15) is 30.7 Å². The van der Waals surface area contributed by atoms with Crippen LogP contribution in [0.5, 0.6) is 0 Å². The molecule has 0 bridgehead atoms. The average Bonchev–Trinajstić information content (AvgIpc) is 2.19. The summed E-state index contributed by atoms with van der Waals surface area (Å²) in [5.41, 5.74) is 1.48. The van der Waals surface area contributed by atoms with E-state index in [4.69, 9.17) is 0 Å². The van der Waals surface area contributed by atoms with Crippen molar-refractivity contribution in [2.45, 2.75) is 34.8 Å². The van der Waals surface area contributed by atoms with E-state index in [9.17, 15) is 0 Å². The second kappa shape index (κ2) is 4.80. The van der Waals surface area contributed by atoms with Crippen molar-refractivity contribution < 1.29 is 0 Å². The molecular weight excluding hydrogens is 304 g/mol. The van der Waals surface area contributed by atoms with Crippen LogP contribution in [0.25, 0.3) is 0 Å². The third kappa shape index (κ3) is 2.40. The van der Waals surface area contributed by atoms with Gasteiger partial charge in [0.15, 0.2) is 0 Å². The van der Waals surface area contributed by atoms with Gasteiger partial charge in [-0.1, -0.05) is 62.2 Å². The summed E-state index contributed by atoms with van der Waals surface area (Å²) >= 11 is 7.50. The monoisotopic (exact) mass is 316 g/mol. The molecule has 2 rings (SSSR count). The molecule has 1 saturated carbocycles. The number of hydrogen-bond acceptors (Lipinski definition) is 0. The molecule has 0 radical (unpaired) electrons. The Bertz CT molecular complexity index is 284. The molecule has 3 atom stereocenters. The summed E-state index contributed by atoms with van der Waals surface area (Å²) in [6.07, 6.45) is 3.82. The minimum atomic E-state index is 0.628. The Balaban J connectivity index is 2.12. The Labute approximate surface area is 102 Å². The van der Waals surface area contributed by atoms with Gasteiger partial charge in [0, 0.05) is 9.65 Å². The fourth-order valence-electron chi connectivity index (χ4n) is 2.14. The van der Waals surface area contributed by atoms with Crippen molar-refractivity contribution in [3.8, 4) is 0 Å². The van der Waals surface area contributed by atoms with Crippen LogP contribution >= 0.6 is 31.9 Å². The molecule has 0 amide bonds. The topological polar surface area (TPSA) is 0 Å². The number of hydrogen-bond donors (Lipinski definition) is 0. The van der Waals surface area contributed by atoms with E-state index < -0.39 is 0 Å². The molecule has 14 heavy (non-hydrogen) atoms. The van der Waals surface area contributed by atoms with Gasteiger partial charge in [0.2, 0.25) is 0 Å². The van der Waals surface area contributed by atoms with E-state index >= 15 is 0 Å². The van der Waals surface area contributed by atoms with E-state index in [0.717, 1.165) is 0 Å². The van der Waals surface area contributed by atoms with Crippen LogP contribution in [0.4, 0.5) is 0 Å². The third-order valence-electron chi connectivity index (χ3n) is 2.94. The smallest absolute Gasteiger partial charge is 0.0225 e. The molecule has 1 fully saturated rings. The van der Waals surface area contributed by atoms with Gasteiger partial charge in [-0.3, -0.25) is 0 Å². The van der Waals surface area contributed by atoms with Crippen molar-refractivity contribution in [2.24, 2.45) is 0 Å². The average molecular weight is 318 g/mol. The first kappa shape index (κ1) is 10.7. The SMILES string of the molecule is BrC1CCC(c2ccccc2)C(Br)C1. The zero-order chi connectivity index (χ0) is 9.97. The van der Waals surface area contributed by atoms with Crippen molar-refractivity contribution in [1.82, 2.24) is 0 Å². The number of halogens is 2. The van der Waals surface area contributed by atoms with Crippen molar-refractivity contribution >= 4 is 31.9 Å². The van der Waals surface area contributed by atoms with Crippen LogP contribution in [-0.2, 0) is 0 Å². The highest BCUT2D eigenvalue weighted by atomic mass is 79.9. The summed E-state index contributed by atoms with van der Waals surface area (Å²) in [6.45, 7) is 0. The highest BCUT2D eigenvalue weighted by Crippen LogP contribution is 2.39. The van der Waals surface area contributed by atoms with Gasteiger partial charge < -0.3 is 0 Å². The Hall–Kier alpha value is 0.180. The summed E-state index contributed by atoms with van der Waals surface area (Å²) in [7, 11) is 0. The highest BCUT2D eigenvalue weighted by molar-refractivity contribution is 9.10. The molecule has 1 aromatic carbocycles. The van der Waals surface area contributed by atoms with E-state index in [-0.39, 0.29) is 0 Å². The summed E-state index contributed by atoms with van der Waals surface area (Å²) in [6, 6.07) is 10.8. The molecule has 0 N–H and O–H groups in total. The summed E-state index contributed by atoms with van der Waals surface area (Å²) in [5, 5.41) is 0. The van der Waals surface area contributed by atoms with Gasteiger partial charge in [-0.25, -0.2) is 0 Å². The largest absolute Gasteiger partial charge is 0.0890 e. The first-order valence-electron chi connectivity index (χ1n) is 5.10. The van der Waals surface area contributed by atoms with E-state index in [2.05, 4.69) is 62.2 Å². The Morgan fingerprint density at radius 3 is 2.36 bits per heavy atom. The molecular formula is C12H14Br2. The van der Waals surface area contributed by atoms with Crippen molar-refractivity contribution in [3.63, 3.8) is 0 Å². The van der Waals surface area contributed by atoms with Gasteiger partial charge in [-0.05, 0) is 30.7 Å². The maximum Gasteiger partial charge on any atom is 0.0225 e. The lowest BCUT2D eigenvalue weighted by molar-refractivity contribution is 0.475. The molecule has 0 spiro atoms. The number of benzene rings is 1. The fraction of sp³-hybridized carbons (Fsp3) is 0.500. The van der Waals surface area contributed by atoms with Gasteiger partial charge >= 0.3 is 0 Å². The van der Waals surface area contributed by atoms with Crippen LogP contribution < -0.4 is 0 Å². The fourth-order valence-corrected chi connectivity index (χ4v) is 4.33. The molecule has 0 nitrogen and oxygen atoms in total. The van der Waals surface area contributed by atoms with Crippen LogP contribution in [-0.4, -0.2) is 9.65 Å². The van der Waals surface area contributed by atoms with Gasteiger partial charge in [0.25, 0.3) is 0 Å². The van der Waals surface area contributed by atoms with Crippen molar-refractivity contribution in [1.29, 1.82) is 0 Å². The maximum absolute atomic E-state index is 3.80. The highest BCUT2D eigenvalue weighted by Gasteiger charge is 2.28. The van der Waals surface area contributed by atoms with Gasteiger partial charge in [0.1, 0.15) is 0 Å². The van der Waals surface area contributed by atoms with Gasteiger partial charge in [-0.15, -0.1) is 0 Å². The van der Waals surface area contributed by atoms with Crippen molar-refractivity contribution in [3.05, 3.63) is 35.9 Å². The molecule has 1 aliphatic rings. The summed E-state index contributed by atoms with van der Waals surface area (Å²) in [4.78, 5) is 1.33. The second-order valence-electron chi connectivity index (χ2n) is 3.94. The van der Waals surface area contributed by atoms with E-state index in [0.29, 0.717) is 15.6 Å². The van der Waals surface area contributed by atoms with Crippen LogP contribution in [0, 0.1) is 0 Å². The number of alkyl halides is 2. The quantitative estimate of drug-likeness (QED) is 0.670. The van der Waals surface area contributed by atoms with E-state index in [1.54, 1.807) is 0 Å². The van der Waals surface area contributed by atoms with Gasteiger partial charge in [0.05, 0.1) is 0 Å². The molecule has 3 unspecified atom stereocenters. The predicted molar refractivity (Wildman–Crippen MR) is 68.5 cm³/mol. The zero-order valence-electron chi connectivity index (χ0n) is 8.00. The third-order valence-corrected chi connectivity index (χ3v) is 4.78. The second-order valence-corrected chi connectivity index (χ2v) is 6.41. The number of rotatable bonds is 1. The van der Waals surface area contributed by atoms with Gasteiger partial charge in [-0.2, -0.15) is 0 Å².